The quantitative estimate of drug-likeness (QED) is 0.138. The molecular formula is C67H47N. The largest absolute Gasteiger partial charge is 0.310 e. The first kappa shape index (κ1) is 39.8. The molecule has 11 aromatic carbocycles. The van der Waals surface area contributed by atoms with Crippen LogP contribution in [0.2, 0.25) is 0 Å². The summed E-state index contributed by atoms with van der Waals surface area (Å²) in [5, 5.41) is 4.95. The smallest absolute Gasteiger partial charge is 0.0465 e. The number of fused-ring (bicyclic) bond motifs is 8. The molecule has 0 aliphatic heterocycles. The van der Waals surface area contributed by atoms with Crippen LogP contribution < -0.4 is 4.90 Å². The minimum absolute atomic E-state index is 0.148. The van der Waals surface area contributed by atoms with Crippen LogP contribution in [0, 0.1) is 0 Å². The molecule has 11 aromatic rings. The van der Waals surface area contributed by atoms with E-state index in [9.17, 15) is 0 Å². The van der Waals surface area contributed by atoms with Gasteiger partial charge in [0, 0.05) is 22.5 Å². The van der Waals surface area contributed by atoms with E-state index in [1.165, 1.54) is 105 Å². The van der Waals surface area contributed by atoms with Crippen LogP contribution in [0.15, 0.2) is 249 Å². The van der Waals surface area contributed by atoms with Gasteiger partial charge in [0.2, 0.25) is 0 Å². The van der Waals surface area contributed by atoms with E-state index in [0.29, 0.717) is 0 Å². The SMILES string of the molecule is C(=C\c1ccc2cc(-c3cc4ccccc4cc3-c3ccc(-c4ccccc4)cc3)ccc2c1)/c1ccc2c(c1)C1(Cc3ccccc3C1)c1cc(N(c3ccccc3)c3ccccc3)ccc1-2. The second-order valence-corrected chi connectivity index (χ2v) is 18.6. The summed E-state index contributed by atoms with van der Waals surface area (Å²) in [6, 6.07) is 91.8. The second kappa shape index (κ2) is 16.4. The average molecular weight is 866 g/mol. The first-order chi connectivity index (χ1) is 33.6. The highest BCUT2D eigenvalue weighted by Crippen LogP contribution is 2.57. The topological polar surface area (TPSA) is 3.24 Å². The number of hydrogen-bond acceptors (Lipinski definition) is 1. The summed E-state index contributed by atoms with van der Waals surface area (Å²) in [5.41, 5.74) is 21.6. The van der Waals surface area contributed by atoms with Gasteiger partial charge in [-0.1, -0.05) is 200 Å². The van der Waals surface area contributed by atoms with Crippen molar-refractivity contribution in [3.63, 3.8) is 0 Å². The summed E-state index contributed by atoms with van der Waals surface area (Å²) in [5.74, 6) is 0. The fourth-order valence-corrected chi connectivity index (χ4v) is 11.3. The third kappa shape index (κ3) is 6.95. The van der Waals surface area contributed by atoms with Gasteiger partial charge in [-0.3, -0.25) is 0 Å². The lowest BCUT2D eigenvalue weighted by Crippen LogP contribution is -2.26. The van der Waals surface area contributed by atoms with Gasteiger partial charge >= 0.3 is 0 Å². The maximum atomic E-state index is 2.49. The van der Waals surface area contributed by atoms with Crippen LogP contribution in [0.5, 0.6) is 0 Å². The van der Waals surface area contributed by atoms with Crippen molar-refractivity contribution in [1.29, 1.82) is 0 Å². The van der Waals surface area contributed by atoms with Crippen LogP contribution in [-0.2, 0) is 18.3 Å². The van der Waals surface area contributed by atoms with Crippen molar-refractivity contribution in [3.05, 3.63) is 282 Å². The molecule has 68 heavy (non-hydrogen) atoms. The fourth-order valence-electron chi connectivity index (χ4n) is 11.3. The summed E-state index contributed by atoms with van der Waals surface area (Å²) in [4.78, 5) is 2.39. The highest BCUT2D eigenvalue weighted by molar-refractivity contribution is 5.99. The summed E-state index contributed by atoms with van der Waals surface area (Å²) in [7, 11) is 0. The summed E-state index contributed by atoms with van der Waals surface area (Å²) in [6.07, 6.45) is 6.56. The Hall–Kier alpha value is -8.52. The van der Waals surface area contributed by atoms with Crippen LogP contribution in [0.4, 0.5) is 17.1 Å². The number of para-hydroxylation sites is 2. The molecule has 13 rings (SSSR count). The van der Waals surface area contributed by atoms with Crippen molar-refractivity contribution in [2.45, 2.75) is 18.3 Å². The molecule has 2 aliphatic carbocycles. The Balaban J connectivity index is 0.832. The molecule has 1 heteroatoms. The molecule has 0 heterocycles. The maximum absolute atomic E-state index is 2.49. The molecule has 1 spiro atoms. The number of anilines is 3. The molecular weight excluding hydrogens is 819 g/mol. The van der Waals surface area contributed by atoms with Gasteiger partial charge in [-0.2, -0.15) is 0 Å². The molecule has 0 radical (unpaired) electrons. The van der Waals surface area contributed by atoms with Gasteiger partial charge in [-0.15, -0.1) is 0 Å². The van der Waals surface area contributed by atoms with Crippen molar-refractivity contribution in [2.24, 2.45) is 0 Å². The Morgan fingerprint density at radius 3 is 1.41 bits per heavy atom. The van der Waals surface area contributed by atoms with Gasteiger partial charge in [0.15, 0.2) is 0 Å². The van der Waals surface area contributed by atoms with Gasteiger partial charge in [0.1, 0.15) is 0 Å². The first-order valence-electron chi connectivity index (χ1n) is 23.8. The summed E-state index contributed by atoms with van der Waals surface area (Å²) >= 11 is 0. The van der Waals surface area contributed by atoms with E-state index >= 15 is 0 Å². The van der Waals surface area contributed by atoms with Gasteiger partial charge in [-0.25, -0.2) is 0 Å². The minimum atomic E-state index is -0.148. The van der Waals surface area contributed by atoms with Gasteiger partial charge in [0.05, 0.1) is 0 Å². The lowest BCUT2D eigenvalue weighted by atomic mass is 9.75. The molecule has 1 nitrogen and oxygen atoms in total. The Morgan fingerprint density at radius 1 is 0.294 bits per heavy atom. The number of nitrogens with zero attached hydrogens (tertiary/aromatic N) is 1. The molecule has 0 bridgehead atoms. The Labute approximate surface area is 398 Å². The van der Waals surface area contributed by atoms with Crippen LogP contribution in [0.25, 0.3) is 78.2 Å². The predicted octanol–water partition coefficient (Wildman–Crippen LogP) is 17.7. The minimum Gasteiger partial charge on any atom is -0.310 e. The van der Waals surface area contributed by atoms with Crippen molar-refractivity contribution in [1.82, 2.24) is 0 Å². The molecule has 2 aliphatic rings. The molecule has 0 N–H and O–H groups in total. The second-order valence-electron chi connectivity index (χ2n) is 18.6. The van der Waals surface area contributed by atoms with Crippen molar-refractivity contribution in [3.8, 4) is 44.5 Å². The average Bonchev–Trinajstić information content (AvgIpc) is 3.93. The Kier molecular flexibility index (Phi) is 9.61. The highest BCUT2D eigenvalue weighted by Gasteiger charge is 2.47. The molecule has 0 amide bonds. The van der Waals surface area contributed by atoms with Crippen molar-refractivity contribution in [2.75, 3.05) is 4.90 Å². The zero-order valence-corrected chi connectivity index (χ0v) is 37.7. The zero-order valence-electron chi connectivity index (χ0n) is 37.7. The van der Waals surface area contributed by atoms with Crippen LogP contribution >= 0.6 is 0 Å². The van der Waals surface area contributed by atoms with Crippen molar-refractivity contribution < 1.29 is 0 Å². The third-order valence-corrected chi connectivity index (χ3v) is 14.6. The first-order valence-corrected chi connectivity index (χ1v) is 23.8. The maximum Gasteiger partial charge on any atom is 0.0465 e. The lowest BCUT2D eigenvalue weighted by Gasteiger charge is -2.30. The molecule has 0 saturated carbocycles. The van der Waals surface area contributed by atoms with Gasteiger partial charge in [0.25, 0.3) is 0 Å². The fraction of sp³-hybridized carbons (Fsp3) is 0.0448. The van der Waals surface area contributed by atoms with E-state index in [1.54, 1.807) is 0 Å². The van der Waals surface area contributed by atoms with Crippen LogP contribution in [0.1, 0.15) is 33.4 Å². The van der Waals surface area contributed by atoms with E-state index < -0.39 is 0 Å². The Bertz CT molecular complexity index is 3650. The van der Waals surface area contributed by atoms with E-state index in [-0.39, 0.29) is 5.41 Å². The summed E-state index contributed by atoms with van der Waals surface area (Å²) < 4.78 is 0. The third-order valence-electron chi connectivity index (χ3n) is 14.6. The van der Waals surface area contributed by atoms with Crippen molar-refractivity contribution >= 4 is 50.8 Å². The van der Waals surface area contributed by atoms with E-state index in [4.69, 9.17) is 0 Å². The lowest BCUT2D eigenvalue weighted by molar-refractivity contribution is 0.563. The van der Waals surface area contributed by atoms with Gasteiger partial charge < -0.3 is 4.90 Å². The monoisotopic (exact) mass is 865 g/mol. The predicted molar refractivity (Wildman–Crippen MR) is 288 cm³/mol. The normalized spacial score (nSPS) is 13.2. The molecule has 320 valence electrons. The number of benzene rings is 11. The highest BCUT2D eigenvalue weighted by atomic mass is 15.1. The standard InChI is InChI=1S/C67H47N/c1-4-14-48(15-5-1)49-29-31-50(32-30-49)63-41-51-16-10-11-17-52(51)42-64(63)55-34-33-53-38-46(26-28-54(53)40-55)24-25-47-27-36-61-62-37-35-60(68(58-20-6-2-7-21-58)59-22-8-3-9-23-59)43-66(62)67(65(61)39-47)44-56-18-12-13-19-57(56)45-67/h1-43H,44-45H2/b25-24+. The zero-order chi connectivity index (χ0) is 45.0. The molecule has 0 saturated heterocycles. The van der Waals surface area contributed by atoms with Crippen LogP contribution in [-0.4, -0.2) is 0 Å². The number of hydrogen-bond donors (Lipinski definition) is 0. The molecule has 0 fully saturated rings. The number of rotatable bonds is 8. The molecule has 0 atom stereocenters. The van der Waals surface area contributed by atoms with Crippen LogP contribution in [0.3, 0.4) is 0 Å². The van der Waals surface area contributed by atoms with Gasteiger partial charge in [-0.05, 0) is 173 Å². The van der Waals surface area contributed by atoms with E-state index in [2.05, 4.69) is 266 Å². The van der Waals surface area contributed by atoms with E-state index in [1.807, 2.05) is 0 Å². The summed E-state index contributed by atoms with van der Waals surface area (Å²) in [6.45, 7) is 0. The van der Waals surface area contributed by atoms with E-state index in [0.717, 1.165) is 24.2 Å². The molecule has 0 unspecified atom stereocenters. The Morgan fingerprint density at radius 2 is 0.750 bits per heavy atom. The molecule has 0 aromatic heterocycles.